The molecule has 1 heterocycles. The smallest absolute Gasteiger partial charge is 0.253 e. The van der Waals surface area contributed by atoms with Gasteiger partial charge in [-0.15, -0.1) is 0 Å². The zero-order valence-electron chi connectivity index (χ0n) is 12.8. The summed E-state index contributed by atoms with van der Waals surface area (Å²) in [6, 6.07) is 9.64. The van der Waals surface area contributed by atoms with Crippen LogP contribution < -0.4 is 13.8 Å². The van der Waals surface area contributed by atoms with Crippen molar-refractivity contribution in [3.63, 3.8) is 0 Å². The number of carbonyl (C=O) groups excluding carboxylic acids is 1. The predicted molar refractivity (Wildman–Crippen MR) is 88.3 cm³/mol. The number of aromatic hydroxyl groups is 1. The number of rotatable bonds is 4. The SMILES string of the molecule is CCOc1ccccc1-c1cc(O)c(N2CC(=O)NS2=O)c(F)c1. The van der Waals surface area contributed by atoms with Crippen LogP contribution in [0.25, 0.3) is 11.1 Å². The highest BCUT2D eigenvalue weighted by molar-refractivity contribution is 7.85. The molecule has 1 aliphatic rings. The third-order valence-electron chi connectivity index (χ3n) is 3.48. The largest absolute Gasteiger partial charge is 0.506 e. The molecule has 6 nitrogen and oxygen atoms in total. The average molecular weight is 350 g/mol. The summed E-state index contributed by atoms with van der Waals surface area (Å²) in [6.45, 7) is 2.00. The number of nitrogens with zero attached hydrogens (tertiary/aromatic N) is 1. The lowest BCUT2D eigenvalue weighted by Crippen LogP contribution is -2.23. The van der Waals surface area contributed by atoms with Crippen molar-refractivity contribution in [2.75, 3.05) is 17.5 Å². The van der Waals surface area contributed by atoms with E-state index in [2.05, 4.69) is 4.72 Å². The van der Waals surface area contributed by atoms with Gasteiger partial charge < -0.3 is 9.84 Å². The molecular weight excluding hydrogens is 335 g/mol. The van der Waals surface area contributed by atoms with E-state index in [9.17, 15) is 18.5 Å². The number of carbonyl (C=O) groups is 1. The summed E-state index contributed by atoms with van der Waals surface area (Å²) >= 11 is -1.91. The number of phenols is 1. The summed E-state index contributed by atoms with van der Waals surface area (Å²) in [6.07, 6.45) is 0. The predicted octanol–water partition coefficient (Wildman–Crippen LogP) is 2.11. The number of hydrogen-bond acceptors (Lipinski definition) is 4. The minimum absolute atomic E-state index is 0.274. The number of nitrogens with one attached hydrogen (secondary N) is 1. The first-order valence-corrected chi connectivity index (χ1v) is 8.35. The van der Waals surface area contributed by atoms with Gasteiger partial charge in [-0.1, -0.05) is 18.2 Å². The number of ether oxygens (including phenoxy) is 1. The summed E-state index contributed by atoms with van der Waals surface area (Å²) in [5, 5.41) is 10.2. The number of amides is 1. The monoisotopic (exact) mass is 350 g/mol. The van der Waals surface area contributed by atoms with Crippen LogP contribution in [-0.4, -0.2) is 28.4 Å². The van der Waals surface area contributed by atoms with Crippen LogP contribution in [-0.2, 0) is 16.0 Å². The molecule has 0 aliphatic carbocycles. The maximum atomic E-state index is 14.6. The van der Waals surface area contributed by atoms with Crippen molar-refractivity contribution >= 4 is 22.8 Å². The fourth-order valence-electron chi connectivity index (χ4n) is 2.51. The van der Waals surface area contributed by atoms with Crippen molar-refractivity contribution in [1.29, 1.82) is 0 Å². The van der Waals surface area contributed by atoms with Gasteiger partial charge >= 0.3 is 0 Å². The molecular formula is C16H15FN2O4S. The first-order chi connectivity index (χ1) is 11.5. The third-order valence-corrected chi connectivity index (χ3v) is 4.59. The number of para-hydroxylation sites is 1. The Morgan fingerprint density at radius 1 is 1.38 bits per heavy atom. The van der Waals surface area contributed by atoms with Gasteiger partial charge in [0.2, 0.25) is 11.2 Å². The van der Waals surface area contributed by atoms with Crippen LogP contribution in [0.2, 0.25) is 0 Å². The number of benzene rings is 2. The van der Waals surface area contributed by atoms with Gasteiger partial charge in [-0.2, -0.15) is 0 Å². The number of phenolic OH excluding ortho intramolecular Hbond substituents is 1. The van der Waals surface area contributed by atoms with Crippen molar-refractivity contribution < 1.29 is 23.2 Å². The van der Waals surface area contributed by atoms with E-state index in [0.29, 0.717) is 23.5 Å². The molecule has 1 fully saturated rings. The van der Waals surface area contributed by atoms with Gasteiger partial charge in [0, 0.05) is 5.56 Å². The molecule has 2 aromatic carbocycles. The fraction of sp³-hybridized carbons (Fsp3) is 0.188. The maximum absolute atomic E-state index is 14.6. The van der Waals surface area contributed by atoms with E-state index in [4.69, 9.17) is 4.74 Å². The Labute approximate surface area is 140 Å². The molecule has 1 unspecified atom stereocenters. The summed E-state index contributed by atoms with van der Waals surface area (Å²) < 4.78 is 35.0. The Bertz CT molecular complexity index is 804. The second-order valence-electron chi connectivity index (χ2n) is 5.07. The zero-order valence-corrected chi connectivity index (χ0v) is 13.6. The minimum Gasteiger partial charge on any atom is -0.506 e. The van der Waals surface area contributed by atoms with Crippen LogP contribution in [0, 0.1) is 5.82 Å². The van der Waals surface area contributed by atoms with Gasteiger partial charge in [-0.25, -0.2) is 8.60 Å². The molecule has 0 radical (unpaired) electrons. The quantitative estimate of drug-likeness (QED) is 0.885. The standard InChI is InChI=1S/C16H15FN2O4S/c1-2-23-14-6-4-3-5-11(14)10-7-12(17)16(13(20)8-10)19-9-15(21)18-24(19)22/h3-8,20H,2,9H2,1H3,(H,18,21). The van der Waals surface area contributed by atoms with E-state index in [0.717, 1.165) is 4.31 Å². The van der Waals surface area contributed by atoms with Gasteiger partial charge in [0.05, 0.1) is 6.61 Å². The van der Waals surface area contributed by atoms with Crippen molar-refractivity contribution in [1.82, 2.24) is 4.72 Å². The Morgan fingerprint density at radius 3 is 2.75 bits per heavy atom. The van der Waals surface area contributed by atoms with Gasteiger partial charge in [-0.05, 0) is 30.7 Å². The second kappa shape index (κ2) is 6.48. The Hall–Kier alpha value is -2.61. The molecule has 0 bridgehead atoms. The molecule has 1 saturated heterocycles. The van der Waals surface area contributed by atoms with Crippen LogP contribution >= 0.6 is 0 Å². The Kier molecular flexibility index (Phi) is 4.39. The van der Waals surface area contributed by atoms with Crippen LogP contribution in [0.1, 0.15) is 6.92 Å². The molecule has 2 aromatic rings. The highest BCUT2D eigenvalue weighted by Gasteiger charge is 2.31. The lowest BCUT2D eigenvalue weighted by atomic mass is 10.0. The highest BCUT2D eigenvalue weighted by Crippen LogP contribution is 2.39. The number of hydrogen-bond donors (Lipinski definition) is 2. The van der Waals surface area contributed by atoms with E-state index in [1.807, 2.05) is 6.92 Å². The molecule has 1 amide bonds. The lowest BCUT2D eigenvalue weighted by molar-refractivity contribution is -0.117. The van der Waals surface area contributed by atoms with Crippen LogP contribution in [0.15, 0.2) is 36.4 Å². The molecule has 24 heavy (non-hydrogen) atoms. The van der Waals surface area contributed by atoms with Crippen LogP contribution in [0.3, 0.4) is 0 Å². The molecule has 126 valence electrons. The van der Waals surface area contributed by atoms with E-state index < -0.39 is 28.6 Å². The lowest BCUT2D eigenvalue weighted by Gasteiger charge is -2.18. The van der Waals surface area contributed by atoms with E-state index >= 15 is 0 Å². The Balaban J connectivity index is 2.05. The Morgan fingerprint density at radius 2 is 2.12 bits per heavy atom. The maximum Gasteiger partial charge on any atom is 0.253 e. The topological polar surface area (TPSA) is 78.9 Å². The third kappa shape index (κ3) is 2.92. The van der Waals surface area contributed by atoms with Crippen molar-refractivity contribution in [3.05, 3.63) is 42.2 Å². The molecule has 0 aromatic heterocycles. The van der Waals surface area contributed by atoms with E-state index in [1.54, 1.807) is 24.3 Å². The summed E-state index contributed by atoms with van der Waals surface area (Å²) in [5.41, 5.74) is 0.767. The highest BCUT2D eigenvalue weighted by atomic mass is 32.2. The van der Waals surface area contributed by atoms with Gasteiger partial charge in [0.25, 0.3) is 5.91 Å². The van der Waals surface area contributed by atoms with E-state index in [1.165, 1.54) is 12.1 Å². The molecule has 1 aliphatic heterocycles. The van der Waals surface area contributed by atoms with Crippen LogP contribution in [0.4, 0.5) is 10.1 Å². The normalized spacial score (nSPS) is 17.0. The van der Waals surface area contributed by atoms with Crippen molar-refractivity contribution in [2.24, 2.45) is 0 Å². The molecule has 3 rings (SSSR count). The molecule has 0 spiro atoms. The first kappa shape index (κ1) is 16.3. The summed E-state index contributed by atoms with van der Waals surface area (Å²) in [4.78, 5) is 11.3. The minimum atomic E-state index is -1.91. The van der Waals surface area contributed by atoms with Crippen LogP contribution in [0.5, 0.6) is 11.5 Å². The van der Waals surface area contributed by atoms with Gasteiger partial charge in [-0.3, -0.25) is 13.8 Å². The summed E-state index contributed by atoms with van der Waals surface area (Å²) in [7, 11) is 0. The number of anilines is 1. The van der Waals surface area contributed by atoms with Crippen molar-refractivity contribution in [3.8, 4) is 22.6 Å². The fourth-order valence-corrected chi connectivity index (χ4v) is 3.46. The van der Waals surface area contributed by atoms with Gasteiger partial charge in [0.15, 0.2) is 5.82 Å². The number of halogens is 1. The molecule has 1 atom stereocenters. The van der Waals surface area contributed by atoms with E-state index in [-0.39, 0.29) is 12.2 Å². The van der Waals surface area contributed by atoms with Gasteiger partial charge in [0.1, 0.15) is 23.7 Å². The first-order valence-electron chi connectivity index (χ1n) is 7.25. The molecule has 8 heteroatoms. The zero-order chi connectivity index (χ0) is 17.3. The molecule has 0 saturated carbocycles. The average Bonchev–Trinajstić information content (AvgIpc) is 2.86. The van der Waals surface area contributed by atoms with Crippen molar-refractivity contribution in [2.45, 2.75) is 6.92 Å². The molecule has 2 N–H and O–H groups in total. The summed E-state index contributed by atoms with van der Waals surface area (Å²) in [5.74, 6) is -1.12. The second-order valence-corrected chi connectivity index (χ2v) is 6.21.